The third kappa shape index (κ3) is 4.02. The zero-order valence-corrected chi connectivity index (χ0v) is 17.3. The average molecular weight is 412 g/mol. The Kier molecular flexibility index (Phi) is 5.37. The van der Waals surface area contributed by atoms with Gasteiger partial charge in [0.2, 0.25) is 0 Å². The van der Waals surface area contributed by atoms with Crippen molar-refractivity contribution in [1.29, 1.82) is 0 Å². The Labute approximate surface area is 181 Å². The second-order valence-corrected chi connectivity index (χ2v) is 7.77. The zero-order chi connectivity index (χ0) is 21.0. The Morgan fingerprint density at radius 2 is 1.45 bits per heavy atom. The molecule has 0 spiro atoms. The maximum absolute atomic E-state index is 13.5. The van der Waals surface area contributed by atoms with E-state index in [-0.39, 0.29) is 5.91 Å². The highest BCUT2D eigenvalue weighted by atomic mass is 16.2. The first kappa shape index (κ1) is 19.3. The molecule has 156 valence electrons. The number of aromatic nitrogens is 3. The van der Waals surface area contributed by atoms with Crippen molar-refractivity contribution in [3.8, 4) is 11.5 Å². The number of carbonyl (C=O) groups is 1. The first-order valence-electron chi connectivity index (χ1n) is 10.6. The minimum absolute atomic E-state index is 0.0326. The number of carbonyl (C=O) groups excluding carboxylic acids is 1. The van der Waals surface area contributed by atoms with Crippen molar-refractivity contribution in [3.05, 3.63) is 103 Å². The number of hydrogen-bond acceptors (Lipinski definition) is 3. The van der Waals surface area contributed by atoms with E-state index in [2.05, 4.69) is 34.3 Å². The standard InChI is InChI=1S/C25H25N5O/c31-25(29-17-15-27(16-18-29)20-21-9-3-1-4-10-21)23-19-26-30(22-11-5-2-6-12-22)24(23)28-13-7-8-14-28/h1-14,19H,15-18,20H2. The highest BCUT2D eigenvalue weighted by Crippen LogP contribution is 2.22. The molecule has 4 aromatic rings. The van der Waals surface area contributed by atoms with Gasteiger partial charge in [-0.2, -0.15) is 5.10 Å². The third-order valence-corrected chi connectivity index (χ3v) is 5.73. The molecule has 1 aliphatic heterocycles. The molecule has 2 aromatic carbocycles. The first-order valence-corrected chi connectivity index (χ1v) is 10.6. The van der Waals surface area contributed by atoms with Crippen molar-refractivity contribution in [2.45, 2.75) is 6.54 Å². The van der Waals surface area contributed by atoms with Gasteiger partial charge in [0.25, 0.3) is 5.91 Å². The Morgan fingerprint density at radius 1 is 0.806 bits per heavy atom. The van der Waals surface area contributed by atoms with Gasteiger partial charge in [-0.3, -0.25) is 9.69 Å². The zero-order valence-electron chi connectivity index (χ0n) is 17.3. The van der Waals surface area contributed by atoms with E-state index in [1.165, 1.54) is 5.56 Å². The molecule has 31 heavy (non-hydrogen) atoms. The van der Waals surface area contributed by atoms with Gasteiger partial charge in [-0.1, -0.05) is 48.5 Å². The Bertz CT molecular complexity index is 1130. The molecule has 2 aromatic heterocycles. The van der Waals surface area contributed by atoms with Gasteiger partial charge in [-0.25, -0.2) is 4.68 Å². The van der Waals surface area contributed by atoms with E-state index in [0.717, 1.165) is 31.1 Å². The average Bonchev–Trinajstić information content (AvgIpc) is 3.50. The molecule has 1 saturated heterocycles. The van der Waals surface area contributed by atoms with Crippen LogP contribution in [0.1, 0.15) is 15.9 Å². The van der Waals surface area contributed by atoms with Crippen molar-refractivity contribution < 1.29 is 4.79 Å². The normalized spacial score (nSPS) is 14.6. The van der Waals surface area contributed by atoms with Crippen molar-refractivity contribution >= 4 is 5.91 Å². The van der Waals surface area contributed by atoms with E-state index in [9.17, 15) is 4.79 Å². The first-order chi connectivity index (χ1) is 15.3. The maximum atomic E-state index is 13.5. The van der Waals surface area contributed by atoms with E-state index in [1.54, 1.807) is 6.20 Å². The van der Waals surface area contributed by atoms with Gasteiger partial charge in [0.05, 0.1) is 11.9 Å². The van der Waals surface area contributed by atoms with Crippen LogP contribution in [-0.2, 0) is 6.54 Å². The molecular weight excluding hydrogens is 386 g/mol. The van der Waals surface area contributed by atoms with Crippen molar-refractivity contribution in [3.63, 3.8) is 0 Å². The molecule has 0 atom stereocenters. The molecule has 0 bridgehead atoms. The van der Waals surface area contributed by atoms with Gasteiger partial charge in [-0.15, -0.1) is 0 Å². The maximum Gasteiger partial charge on any atom is 0.259 e. The minimum atomic E-state index is 0.0326. The van der Waals surface area contributed by atoms with Crippen molar-refractivity contribution in [2.24, 2.45) is 0 Å². The summed E-state index contributed by atoms with van der Waals surface area (Å²) in [4.78, 5) is 17.8. The molecule has 1 amide bonds. The highest BCUT2D eigenvalue weighted by Gasteiger charge is 2.27. The molecule has 0 unspecified atom stereocenters. The van der Waals surface area contributed by atoms with Crippen LogP contribution >= 0.6 is 0 Å². The van der Waals surface area contributed by atoms with E-state index in [1.807, 2.05) is 75.1 Å². The summed E-state index contributed by atoms with van der Waals surface area (Å²) in [6, 6.07) is 24.3. The van der Waals surface area contributed by atoms with Crippen LogP contribution in [0.15, 0.2) is 91.4 Å². The molecule has 0 saturated carbocycles. The summed E-state index contributed by atoms with van der Waals surface area (Å²) in [5.41, 5.74) is 2.86. The summed E-state index contributed by atoms with van der Waals surface area (Å²) < 4.78 is 3.79. The monoisotopic (exact) mass is 411 g/mol. The summed E-state index contributed by atoms with van der Waals surface area (Å²) >= 11 is 0. The van der Waals surface area contributed by atoms with Crippen LogP contribution in [0.2, 0.25) is 0 Å². The Morgan fingerprint density at radius 3 is 2.13 bits per heavy atom. The lowest BCUT2D eigenvalue weighted by Gasteiger charge is -2.34. The second-order valence-electron chi connectivity index (χ2n) is 7.77. The van der Waals surface area contributed by atoms with E-state index in [0.29, 0.717) is 18.7 Å². The summed E-state index contributed by atoms with van der Waals surface area (Å²) in [6.07, 6.45) is 5.59. The third-order valence-electron chi connectivity index (χ3n) is 5.73. The molecule has 6 nitrogen and oxygen atoms in total. The number of piperazine rings is 1. The molecule has 0 aliphatic carbocycles. The lowest BCUT2D eigenvalue weighted by molar-refractivity contribution is 0.0628. The van der Waals surface area contributed by atoms with E-state index >= 15 is 0 Å². The van der Waals surface area contributed by atoms with Gasteiger partial charge in [0.15, 0.2) is 5.82 Å². The molecule has 0 N–H and O–H groups in total. The molecular formula is C25H25N5O. The molecule has 3 heterocycles. The van der Waals surface area contributed by atoms with Crippen molar-refractivity contribution in [2.75, 3.05) is 26.2 Å². The SMILES string of the molecule is O=C(c1cnn(-c2ccccc2)c1-n1cccc1)N1CCN(Cc2ccccc2)CC1. The number of nitrogens with zero attached hydrogens (tertiary/aromatic N) is 5. The number of benzene rings is 2. The summed E-state index contributed by atoms with van der Waals surface area (Å²) in [6.45, 7) is 4.09. The molecule has 0 radical (unpaired) electrons. The number of amides is 1. The van der Waals surface area contributed by atoms with E-state index < -0.39 is 0 Å². The predicted octanol–water partition coefficient (Wildman–Crippen LogP) is 3.62. The number of hydrogen-bond donors (Lipinski definition) is 0. The Balaban J connectivity index is 1.36. The lowest BCUT2D eigenvalue weighted by Crippen LogP contribution is -2.48. The summed E-state index contributed by atoms with van der Waals surface area (Å²) in [5.74, 6) is 0.804. The quantitative estimate of drug-likeness (QED) is 0.504. The smallest absolute Gasteiger partial charge is 0.259 e. The lowest BCUT2D eigenvalue weighted by atomic mass is 10.2. The number of rotatable bonds is 5. The van der Waals surface area contributed by atoms with Crippen LogP contribution in [0.3, 0.4) is 0 Å². The summed E-state index contributed by atoms with van der Waals surface area (Å²) in [7, 11) is 0. The van der Waals surface area contributed by atoms with Gasteiger partial charge in [-0.05, 0) is 29.8 Å². The minimum Gasteiger partial charge on any atom is -0.336 e. The van der Waals surface area contributed by atoms with Gasteiger partial charge < -0.3 is 9.47 Å². The van der Waals surface area contributed by atoms with Crippen LogP contribution < -0.4 is 0 Å². The Hall–Kier alpha value is -3.64. The van der Waals surface area contributed by atoms with Crippen LogP contribution in [0, 0.1) is 0 Å². The topological polar surface area (TPSA) is 46.3 Å². The second kappa shape index (κ2) is 8.62. The fourth-order valence-electron chi connectivity index (χ4n) is 4.10. The van der Waals surface area contributed by atoms with Crippen LogP contribution in [0.5, 0.6) is 0 Å². The van der Waals surface area contributed by atoms with Gasteiger partial charge in [0, 0.05) is 45.1 Å². The molecule has 6 heteroatoms. The predicted molar refractivity (Wildman–Crippen MR) is 121 cm³/mol. The summed E-state index contributed by atoms with van der Waals surface area (Å²) in [5, 5.41) is 4.57. The van der Waals surface area contributed by atoms with Gasteiger partial charge in [0.1, 0.15) is 5.56 Å². The van der Waals surface area contributed by atoms with Gasteiger partial charge >= 0.3 is 0 Å². The molecule has 5 rings (SSSR count). The van der Waals surface area contributed by atoms with Crippen molar-refractivity contribution in [1.82, 2.24) is 24.1 Å². The largest absolute Gasteiger partial charge is 0.336 e. The molecule has 1 aliphatic rings. The van der Waals surface area contributed by atoms with Crippen LogP contribution in [0.4, 0.5) is 0 Å². The van der Waals surface area contributed by atoms with Crippen LogP contribution in [-0.4, -0.2) is 56.2 Å². The van der Waals surface area contributed by atoms with Crippen LogP contribution in [0.25, 0.3) is 11.5 Å². The number of para-hydroxylation sites is 1. The molecule has 1 fully saturated rings. The van der Waals surface area contributed by atoms with E-state index in [4.69, 9.17) is 0 Å². The fourth-order valence-corrected chi connectivity index (χ4v) is 4.10. The fraction of sp³-hybridized carbons (Fsp3) is 0.200. The highest BCUT2D eigenvalue weighted by molar-refractivity contribution is 5.97.